The van der Waals surface area contributed by atoms with Gasteiger partial charge in [0.25, 0.3) is 0 Å². The molecule has 1 N–H and O–H groups in total. The molecule has 1 saturated heterocycles. The third-order valence-electron chi connectivity index (χ3n) is 3.82. The van der Waals surface area contributed by atoms with Gasteiger partial charge in [-0.3, -0.25) is 0 Å². The van der Waals surface area contributed by atoms with Crippen molar-refractivity contribution in [2.24, 2.45) is 5.92 Å². The number of hydrogen-bond acceptors (Lipinski definition) is 3. The van der Waals surface area contributed by atoms with Crippen LogP contribution in [0.4, 0.5) is 0 Å². The van der Waals surface area contributed by atoms with E-state index in [2.05, 4.69) is 0 Å². The second kappa shape index (κ2) is 4.52. The highest BCUT2D eigenvalue weighted by atomic mass is 16.5. The number of aliphatic hydroxyl groups is 1. The number of rotatable bonds is 1. The average Bonchev–Trinajstić information content (AvgIpc) is 2.44. The summed E-state index contributed by atoms with van der Waals surface area (Å²) in [5, 5.41) is 10.5. The third-order valence-corrected chi connectivity index (χ3v) is 3.82. The average molecular weight is 212 g/mol. The van der Waals surface area contributed by atoms with Crippen LogP contribution in [0.2, 0.25) is 0 Å². The van der Waals surface area contributed by atoms with E-state index in [4.69, 9.17) is 4.74 Å². The topological polar surface area (TPSA) is 46.5 Å². The van der Waals surface area contributed by atoms with Crippen LogP contribution in [-0.4, -0.2) is 23.3 Å². The molecule has 1 aliphatic heterocycles. The van der Waals surface area contributed by atoms with Crippen LogP contribution in [0, 0.1) is 5.92 Å². The maximum Gasteiger partial charge on any atom is 0.338 e. The summed E-state index contributed by atoms with van der Waals surface area (Å²) in [6.07, 6.45) is 7.86. The van der Waals surface area contributed by atoms with Crippen LogP contribution in [-0.2, 0) is 9.53 Å². The summed E-state index contributed by atoms with van der Waals surface area (Å²) < 4.78 is 5.08. The predicted molar refractivity (Wildman–Crippen MR) is 56.3 cm³/mol. The molecule has 0 amide bonds. The van der Waals surface area contributed by atoms with Gasteiger partial charge in [-0.1, -0.05) is 19.3 Å². The first kappa shape index (κ1) is 10.9. The summed E-state index contributed by atoms with van der Waals surface area (Å²) in [5.41, 5.74) is -1.17. The molecule has 2 fully saturated rings. The zero-order valence-corrected chi connectivity index (χ0v) is 9.21. The van der Waals surface area contributed by atoms with Gasteiger partial charge in [0.2, 0.25) is 0 Å². The minimum absolute atomic E-state index is 0.136. The van der Waals surface area contributed by atoms with Crippen molar-refractivity contribution in [1.82, 2.24) is 0 Å². The first-order valence-corrected chi connectivity index (χ1v) is 6.13. The Labute approximate surface area is 90.8 Å². The van der Waals surface area contributed by atoms with Gasteiger partial charge in [0, 0.05) is 0 Å². The van der Waals surface area contributed by atoms with Crippen molar-refractivity contribution in [1.29, 1.82) is 0 Å². The van der Waals surface area contributed by atoms with Gasteiger partial charge in [0.05, 0.1) is 6.61 Å². The van der Waals surface area contributed by atoms with E-state index < -0.39 is 5.60 Å². The zero-order chi connectivity index (χ0) is 10.7. The van der Waals surface area contributed by atoms with Crippen molar-refractivity contribution in [3.63, 3.8) is 0 Å². The second-order valence-corrected chi connectivity index (χ2v) is 4.85. The lowest BCUT2D eigenvalue weighted by molar-refractivity contribution is -0.171. The van der Waals surface area contributed by atoms with Crippen LogP contribution in [0.5, 0.6) is 0 Å². The molecule has 0 aromatic rings. The molecule has 3 nitrogen and oxygen atoms in total. The van der Waals surface area contributed by atoms with Crippen molar-refractivity contribution in [3.8, 4) is 0 Å². The highest BCUT2D eigenvalue weighted by Gasteiger charge is 2.45. The van der Waals surface area contributed by atoms with E-state index in [1.807, 2.05) is 0 Å². The first-order valence-electron chi connectivity index (χ1n) is 6.13. The smallest absolute Gasteiger partial charge is 0.338 e. The standard InChI is InChI=1S/C12H20O3/c13-11-12(14,8-4-5-9-15-11)10-6-2-1-3-7-10/h10,14H,1-9H2. The molecule has 1 unspecified atom stereocenters. The first-order chi connectivity index (χ1) is 7.23. The molecular weight excluding hydrogens is 192 g/mol. The molecule has 15 heavy (non-hydrogen) atoms. The van der Waals surface area contributed by atoms with Gasteiger partial charge in [-0.25, -0.2) is 4.79 Å². The summed E-state index contributed by atoms with van der Waals surface area (Å²) >= 11 is 0. The Morgan fingerprint density at radius 3 is 2.60 bits per heavy atom. The molecule has 0 bridgehead atoms. The quantitative estimate of drug-likeness (QED) is 0.676. The molecule has 1 aliphatic carbocycles. The molecular formula is C12H20O3. The Kier molecular flexibility index (Phi) is 3.29. The maximum absolute atomic E-state index is 11.8. The van der Waals surface area contributed by atoms with Crippen LogP contribution in [0.15, 0.2) is 0 Å². The number of cyclic esters (lactones) is 1. The Bertz CT molecular complexity index is 233. The molecule has 0 spiro atoms. The summed E-state index contributed by atoms with van der Waals surface area (Å²) in [4.78, 5) is 11.8. The van der Waals surface area contributed by atoms with Gasteiger partial charge in [0.1, 0.15) is 0 Å². The van der Waals surface area contributed by atoms with Gasteiger partial charge in [-0.15, -0.1) is 0 Å². The molecule has 2 rings (SSSR count). The lowest BCUT2D eigenvalue weighted by Crippen LogP contribution is -2.46. The number of ether oxygens (including phenoxy) is 1. The van der Waals surface area contributed by atoms with Gasteiger partial charge < -0.3 is 9.84 Å². The molecule has 1 heterocycles. The van der Waals surface area contributed by atoms with Crippen LogP contribution in [0.25, 0.3) is 0 Å². The molecule has 2 aliphatic rings. The summed E-state index contributed by atoms with van der Waals surface area (Å²) in [6.45, 7) is 0.480. The van der Waals surface area contributed by atoms with Crippen LogP contribution >= 0.6 is 0 Å². The fourth-order valence-corrected chi connectivity index (χ4v) is 2.84. The SMILES string of the molecule is O=C1OCCCCC1(O)C1CCCCC1. The lowest BCUT2D eigenvalue weighted by Gasteiger charge is -2.35. The Hall–Kier alpha value is -0.570. The molecule has 0 aromatic heterocycles. The molecule has 1 saturated carbocycles. The second-order valence-electron chi connectivity index (χ2n) is 4.85. The Morgan fingerprint density at radius 1 is 1.13 bits per heavy atom. The molecule has 0 aromatic carbocycles. The molecule has 3 heteroatoms. The van der Waals surface area contributed by atoms with Crippen molar-refractivity contribution < 1.29 is 14.6 Å². The van der Waals surface area contributed by atoms with E-state index >= 15 is 0 Å². The monoisotopic (exact) mass is 212 g/mol. The number of carbonyl (C=O) groups is 1. The minimum atomic E-state index is -1.17. The van der Waals surface area contributed by atoms with Crippen molar-refractivity contribution in [3.05, 3.63) is 0 Å². The zero-order valence-electron chi connectivity index (χ0n) is 9.21. The molecule has 0 radical (unpaired) electrons. The fourth-order valence-electron chi connectivity index (χ4n) is 2.84. The van der Waals surface area contributed by atoms with Gasteiger partial charge in [-0.2, -0.15) is 0 Å². The number of carbonyl (C=O) groups excluding carboxylic acids is 1. The lowest BCUT2D eigenvalue weighted by atomic mass is 9.75. The Balaban J connectivity index is 2.09. The Morgan fingerprint density at radius 2 is 1.87 bits per heavy atom. The number of hydrogen-bond donors (Lipinski definition) is 1. The van der Waals surface area contributed by atoms with Crippen molar-refractivity contribution in [2.75, 3.05) is 6.61 Å². The summed E-state index contributed by atoms with van der Waals surface area (Å²) in [5.74, 6) is -0.233. The van der Waals surface area contributed by atoms with E-state index in [1.165, 1.54) is 6.42 Å². The van der Waals surface area contributed by atoms with Gasteiger partial charge >= 0.3 is 5.97 Å². The van der Waals surface area contributed by atoms with Crippen molar-refractivity contribution in [2.45, 2.75) is 57.0 Å². The molecule has 86 valence electrons. The van der Waals surface area contributed by atoms with E-state index in [-0.39, 0.29) is 11.9 Å². The number of esters is 1. The van der Waals surface area contributed by atoms with Gasteiger partial charge in [0.15, 0.2) is 5.60 Å². The predicted octanol–water partition coefficient (Wildman–Crippen LogP) is 2.02. The summed E-state index contributed by atoms with van der Waals surface area (Å²) in [6, 6.07) is 0. The fraction of sp³-hybridized carbons (Fsp3) is 0.917. The largest absolute Gasteiger partial charge is 0.464 e. The van der Waals surface area contributed by atoms with Crippen molar-refractivity contribution >= 4 is 5.97 Å². The van der Waals surface area contributed by atoms with Crippen LogP contribution in [0.1, 0.15) is 51.4 Å². The highest BCUT2D eigenvalue weighted by molar-refractivity contribution is 5.79. The van der Waals surface area contributed by atoms with E-state index in [0.717, 1.165) is 38.5 Å². The van der Waals surface area contributed by atoms with E-state index in [9.17, 15) is 9.90 Å². The molecule has 1 atom stereocenters. The maximum atomic E-state index is 11.8. The summed E-state index contributed by atoms with van der Waals surface area (Å²) in [7, 11) is 0. The minimum Gasteiger partial charge on any atom is -0.464 e. The van der Waals surface area contributed by atoms with E-state index in [0.29, 0.717) is 13.0 Å². The van der Waals surface area contributed by atoms with Crippen LogP contribution in [0.3, 0.4) is 0 Å². The highest BCUT2D eigenvalue weighted by Crippen LogP contribution is 2.37. The van der Waals surface area contributed by atoms with E-state index in [1.54, 1.807) is 0 Å². The third kappa shape index (κ3) is 2.17. The van der Waals surface area contributed by atoms with Crippen LogP contribution < -0.4 is 0 Å². The van der Waals surface area contributed by atoms with Gasteiger partial charge in [-0.05, 0) is 38.0 Å². The normalized spacial score (nSPS) is 34.6.